The summed E-state index contributed by atoms with van der Waals surface area (Å²) in [4.78, 5) is 6.86. The second-order valence-electron chi connectivity index (χ2n) is 6.24. The van der Waals surface area contributed by atoms with Crippen molar-refractivity contribution in [1.29, 1.82) is 5.26 Å². The second kappa shape index (κ2) is 4.44. The Morgan fingerprint density at radius 2 is 2.14 bits per heavy atom. The summed E-state index contributed by atoms with van der Waals surface area (Å²) in [6.07, 6.45) is 3.16. The number of aromatic nitrogens is 1. The van der Waals surface area contributed by atoms with Crippen LogP contribution in [0.4, 0.5) is 5.82 Å². The van der Waals surface area contributed by atoms with Gasteiger partial charge in [0, 0.05) is 18.5 Å². The first-order chi connectivity index (χ1) is 10.2. The normalized spacial score (nSPS) is 25.2. The summed E-state index contributed by atoms with van der Waals surface area (Å²) < 4.78 is 0. The fraction of sp³-hybridized carbons (Fsp3) is 0.412. The third kappa shape index (κ3) is 2.14. The summed E-state index contributed by atoms with van der Waals surface area (Å²) in [5.74, 6) is 1.41. The molecular formula is C17H17N3O. The number of nitrogens with zero attached hydrogens (tertiary/aromatic N) is 3. The molecule has 1 atom stereocenters. The van der Waals surface area contributed by atoms with Crippen LogP contribution in [0.5, 0.6) is 0 Å². The van der Waals surface area contributed by atoms with Crippen molar-refractivity contribution in [2.45, 2.75) is 24.9 Å². The molecular weight excluding hydrogens is 262 g/mol. The van der Waals surface area contributed by atoms with E-state index in [-0.39, 0.29) is 0 Å². The minimum atomic E-state index is -0.513. The topological polar surface area (TPSA) is 60.2 Å². The zero-order valence-corrected chi connectivity index (χ0v) is 11.8. The summed E-state index contributed by atoms with van der Waals surface area (Å²) in [6.45, 7) is 1.55. The van der Waals surface area contributed by atoms with Gasteiger partial charge in [-0.05, 0) is 55.5 Å². The molecule has 4 nitrogen and oxygen atoms in total. The SMILES string of the molecule is N#Cc1ccc2nc(N3CCC(O)(C4CC4)C3)ccc2c1. The zero-order valence-electron chi connectivity index (χ0n) is 11.8. The molecule has 0 amide bonds. The standard InChI is InChI=1S/C17H17N3O/c18-10-12-1-5-15-13(9-12)2-6-16(19-15)20-8-7-17(21,11-20)14-3-4-14/h1-2,5-6,9,14,21H,3-4,7-8,11H2. The van der Waals surface area contributed by atoms with Gasteiger partial charge >= 0.3 is 0 Å². The van der Waals surface area contributed by atoms with E-state index in [1.165, 1.54) is 0 Å². The molecule has 0 spiro atoms. The Kier molecular flexibility index (Phi) is 2.66. The first-order valence-electron chi connectivity index (χ1n) is 7.46. The van der Waals surface area contributed by atoms with Gasteiger partial charge in [0.1, 0.15) is 5.82 Å². The quantitative estimate of drug-likeness (QED) is 0.917. The summed E-state index contributed by atoms with van der Waals surface area (Å²) in [5.41, 5.74) is 1.04. The molecule has 1 saturated heterocycles. The van der Waals surface area contributed by atoms with Gasteiger partial charge in [-0.3, -0.25) is 0 Å². The number of benzene rings is 1. The molecule has 1 unspecified atom stereocenters. The zero-order chi connectivity index (χ0) is 14.4. The van der Waals surface area contributed by atoms with Crippen molar-refractivity contribution in [3.05, 3.63) is 35.9 Å². The van der Waals surface area contributed by atoms with Crippen molar-refractivity contribution in [3.8, 4) is 6.07 Å². The van der Waals surface area contributed by atoms with Crippen LogP contribution in [-0.2, 0) is 0 Å². The van der Waals surface area contributed by atoms with Gasteiger partial charge in [0.2, 0.25) is 0 Å². The summed E-state index contributed by atoms with van der Waals surface area (Å²) >= 11 is 0. The molecule has 0 radical (unpaired) electrons. The molecule has 2 aliphatic rings. The number of nitriles is 1. The summed E-state index contributed by atoms with van der Waals surface area (Å²) in [5, 5.41) is 20.6. The number of rotatable bonds is 2. The largest absolute Gasteiger partial charge is 0.388 e. The van der Waals surface area contributed by atoms with Crippen LogP contribution < -0.4 is 4.90 Å². The highest BCUT2D eigenvalue weighted by atomic mass is 16.3. The van der Waals surface area contributed by atoms with Gasteiger partial charge in [0.25, 0.3) is 0 Å². The average Bonchev–Trinajstić information content (AvgIpc) is 3.30. The molecule has 4 rings (SSSR count). The molecule has 106 valence electrons. The average molecular weight is 279 g/mol. The number of β-amino-alcohol motifs (C(OH)–C–C–N with tert-alkyl or cyclic N) is 1. The van der Waals surface area contributed by atoms with Gasteiger partial charge in [-0.1, -0.05) is 0 Å². The van der Waals surface area contributed by atoms with Crippen LogP contribution in [0.25, 0.3) is 10.9 Å². The monoisotopic (exact) mass is 279 g/mol. The molecule has 0 bridgehead atoms. The number of fused-ring (bicyclic) bond motifs is 1. The first kappa shape index (κ1) is 12.6. The minimum Gasteiger partial charge on any atom is -0.388 e. The lowest BCUT2D eigenvalue weighted by molar-refractivity contribution is 0.0400. The van der Waals surface area contributed by atoms with Crippen molar-refractivity contribution >= 4 is 16.7 Å². The summed E-state index contributed by atoms with van der Waals surface area (Å²) in [6, 6.07) is 11.7. The molecule has 2 fully saturated rings. The van der Waals surface area contributed by atoms with Crippen molar-refractivity contribution in [2.75, 3.05) is 18.0 Å². The number of hydrogen-bond acceptors (Lipinski definition) is 4. The fourth-order valence-electron chi connectivity index (χ4n) is 3.33. The van der Waals surface area contributed by atoms with Crippen LogP contribution in [0.15, 0.2) is 30.3 Å². The first-order valence-corrected chi connectivity index (χ1v) is 7.46. The number of hydrogen-bond donors (Lipinski definition) is 1. The van der Waals surface area contributed by atoms with E-state index in [0.29, 0.717) is 18.0 Å². The van der Waals surface area contributed by atoms with Crippen LogP contribution in [0.2, 0.25) is 0 Å². The fourth-order valence-corrected chi connectivity index (χ4v) is 3.33. The maximum atomic E-state index is 10.6. The Morgan fingerprint density at radius 3 is 2.90 bits per heavy atom. The van der Waals surface area contributed by atoms with E-state index in [1.54, 1.807) is 6.07 Å². The maximum absolute atomic E-state index is 10.6. The van der Waals surface area contributed by atoms with E-state index in [9.17, 15) is 5.11 Å². The smallest absolute Gasteiger partial charge is 0.129 e. The molecule has 1 saturated carbocycles. The van der Waals surface area contributed by atoms with E-state index in [4.69, 9.17) is 5.26 Å². The minimum absolute atomic E-state index is 0.487. The second-order valence-corrected chi connectivity index (χ2v) is 6.24. The molecule has 1 aliphatic heterocycles. The van der Waals surface area contributed by atoms with E-state index < -0.39 is 5.60 Å². The highest BCUT2D eigenvalue weighted by Gasteiger charge is 2.48. The number of pyridine rings is 1. The van der Waals surface area contributed by atoms with Gasteiger partial charge in [-0.2, -0.15) is 5.26 Å². The summed E-state index contributed by atoms with van der Waals surface area (Å²) in [7, 11) is 0. The van der Waals surface area contributed by atoms with Crippen LogP contribution in [0.1, 0.15) is 24.8 Å². The molecule has 1 aliphatic carbocycles. The van der Waals surface area contributed by atoms with Crippen LogP contribution in [0.3, 0.4) is 0 Å². The van der Waals surface area contributed by atoms with Gasteiger partial charge in [-0.25, -0.2) is 4.98 Å². The third-order valence-corrected chi connectivity index (χ3v) is 4.74. The van der Waals surface area contributed by atoms with Gasteiger partial charge in [-0.15, -0.1) is 0 Å². The Labute approximate surface area is 123 Å². The van der Waals surface area contributed by atoms with E-state index in [0.717, 1.165) is 42.5 Å². The van der Waals surface area contributed by atoms with E-state index >= 15 is 0 Å². The molecule has 2 aromatic rings. The predicted octanol–water partition coefficient (Wildman–Crippen LogP) is 2.46. The van der Waals surface area contributed by atoms with Crippen LogP contribution >= 0.6 is 0 Å². The molecule has 1 aromatic heterocycles. The molecule has 21 heavy (non-hydrogen) atoms. The number of anilines is 1. The highest BCUT2D eigenvalue weighted by Crippen LogP contribution is 2.45. The van der Waals surface area contributed by atoms with Crippen molar-refractivity contribution in [2.24, 2.45) is 5.92 Å². The van der Waals surface area contributed by atoms with E-state index in [1.807, 2.05) is 24.3 Å². The molecule has 4 heteroatoms. The Balaban J connectivity index is 1.64. The van der Waals surface area contributed by atoms with Crippen molar-refractivity contribution < 1.29 is 5.11 Å². The third-order valence-electron chi connectivity index (χ3n) is 4.74. The molecule has 2 heterocycles. The Hall–Kier alpha value is -2.12. The van der Waals surface area contributed by atoms with Gasteiger partial charge in [0.05, 0.1) is 22.8 Å². The number of aliphatic hydroxyl groups is 1. The lowest BCUT2D eigenvalue weighted by Crippen LogP contribution is -2.35. The van der Waals surface area contributed by atoms with Crippen LogP contribution in [0, 0.1) is 17.2 Å². The lowest BCUT2D eigenvalue weighted by atomic mass is 9.97. The van der Waals surface area contributed by atoms with E-state index in [2.05, 4.69) is 16.0 Å². The van der Waals surface area contributed by atoms with Crippen molar-refractivity contribution in [1.82, 2.24) is 4.98 Å². The maximum Gasteiger partial charge on any atom is 0.129 e. The Morgan fingerprint density at radius 1 is 1.29 bits per heavy atom. The predicted molar refractivity (Wildman–Crippen MR) is 81.0 cm³/mol. The Bertz CT molecular complexity index is 747. The van der Waals surface area contributed by atoms with Crippen molar-refractivity contribution in [3.63, 3.8) is 0 Å². The van der Waals surface area contributed by atoms with Gasteiger partial charge in [0.15, 0.2) is 0 Å². The molecule has 1 N–H and O–H groups in total. The van der Waals surface area contributed by atoms with Crippen LogP contribution in [-0.4, -0.2) is 28.8 Å². The van der Waals surface area contributed by atoms with Gasteiger partial charge < -0.3 is 10.0 Å². The lowest BCUT2D eigenvalue weighted by Gasteiger charge is -2.23. The highest BCUT2D eigenvalue weighted by molar-refractivity contribution is 5.81. The molecule has 1 aromatic carbocycles.